The maximum absolute atomic E-state index is 13.3. The van der Waals surface area contributed by atoms with Gasteiger partial charge >= 0.3 is 0 Å². The third-order valence-corrected chi connectivity index (χ3v) is 6.41. The summed E-state index contributed by atoms with van der Waals surface area (Å²) < 4.78 is 39.6. The number of aryl methyl sites for hydroxylation is 1. The Bertz CT molecular complexity index is 1190. The molecule has 32 heavy (non-hydrogen) atoms. The summed E-state index contributed by atoms with van der Waals surface area (Å²) in [7, 11) is -3.26. The summed E-state index contributed by atoms with van der Waals surface area (Å²) in [4.78, 5) is 13.0. The molecule has 1 aromatic heterocycles. The van der Waals surface area contributed by atoms with Crippen molar-refractivity contribution in [1.82, 2.24) is 19.4 Å². The third kappa shape index (κ3) is 5.80. The lowest BCUT2D eigenvalue weighted by atomic mass is 10.1. The van der Waals surface area contributed by atoms with Crippen LogP contribution < -0.4 is 5.32 Å². The van der Waals surface area contributed by atoms with E-state index in [1.165, 1.54) is 22.7 Å². The van der Waals surface area contributed by atoms with Gasteiger partial charge in [0.05, 0.1) is 17.5 Å². The maximum atomic E-state index is 13.3. The second-order valence-corrected chi connectivity index (χ2v) is 9.53. The smallest absolute Gasteiger partial charge is 0.255 e. The molecule has 0 saturated heterocycles. The van der Waals surface area contributed by atoms with Crippen molar-refractivity contribution in [2.24, 2.45) is 0 Å². The molecule has 0 radical (unpaired) electrons. The highest BCUT2D eigenvalue weighted by molar-refractivity contribution is 7.88. The van der Waals surface area contributed by atoms with Crippen LogP contribution in [0.3, 0.4) is 0 Å². The summed E-state index contributed by atoms with van der Waals surface area (Å²) in [5, 5.41) is 7.45. The van der Waals surface area contributed by atoms with Crippen molar-refractivity contribution < 1.29 is 17.6 Å². The summed E-state index contributed by atoms with van der Waals surface area (Å²) in [6.45, 7) is 4.77. The van der Waals surface area contributed by atoms with Crippen molar-refractivity contribution in [3.05, 3.63) is 71.7 Å². The Balaban J connectivity index is 1.82. The van der Waals surface area contributed by atoms with Crippen molar-refractivity contribution in [3.8, 4) is 16.9 Å². The van der Waals surface area contributed by atoms with E-state index in [1.54, 1.807) is 29.9 Å². The van der Waals surface area contributed by atoms with Crippen molar-refractivity contribution in [1.29, 1.82) is 0 Å². The first kappa shape index (κ1) is 23.6. The first-order chi connectivity index (χ1) is 15.2. The molecule has 1 amide bonds. The van der Waals surface area contributed by atoms with Crippen LogP contribution in [0.2, 0.25) is 0 Å². The molecule has 2 aromatic carbocycles. The topological polar surface area (TPSA) is 84.3 Å². The normalized spacial score (nSPS) is 11.7. The number of carbonyl (C=O) groups is 1. The van der Waals surface area contributed by atoms with Gasteiger partial charge in [-0.1, -0.05) is 30.7 Å². The van der Waals surface area contributed by atoms with Crippen molar-refractivity contribution >= 4 is 15.9 Å². The molecular formula is C23H27FN4O3S. The molecule has 0 unspecified atom stereocenters. The molecule has 3 aromatic rings. The Morgan fingerprint density at radius 1 is 1.19 bits per heavy atom. The maximum Gasteiger partial charge on any atom is 0.255 e. The molecule has 7 nitrogen and oxygen atoms in total. The van der Waals surface area contributed by atoms with Crippen LogP contribution in [-0.4, -0.2) is 54.3 Å². The number of hydrogen-bond donors (Lipinski definition) is 1. The third-order valence-electron chi connectivity index (χ3n) is 5.03. The summed E-state index contributed by atoms with van der Waals surface area (Å²) in [5.74, 6) is -0.662. The number of hydrogen-bond acceptors (Lipinski definition) is 4. The zero-order valence-electron chi connectivity index (χ0n) is 18.4. The lowest BCUT2D eigenvalue weighted by Gasteiger charge is -2.17. The number of rotatable bonds is 9. The van der Waals surface area contributed by atoms with Gasteiger partial charge in [-0.25, -0.2) is 21.8 Å². The summed E-state index contributed by atoms with van der Waals surface area (Å²) in [5.41, 5.74) is 3.36. The zero-order valence-corrected chi connectivity index (χ0v) is 19.2. The van der Waals surface area contributed by atoms with Crippen LogP contribution in [0.1, 0.15) is 29.3 Å². The van der Waals surface area contributed by atoms with Crippen LogP contribution in [0.4, 0.5) is 4.39 Å². The minimum atomic E-state index is -3.26. The molecule has 0 fully saturated rings. The lowest BCUT2D eigenvalue weighted by molar-refractivity contribution is 0.0953. The molecular weight excluding hydrogens is 431 g/mol. The predicted octanol–water partition coefficient (Wildman–Crippen LogP) is 3.39. The van der Waals surface area contributed by atoms with Gasteiger partial charge in [-0.3, -0.25) is 4.79 Å². The molecule has 0 bridgehead atoms. The number of nitrogens with zero attached hydrogens (tertiary/aromatic N) is 3. The van der Waals surface area contributed by atoms with Gasteiger partial charge in [0.25, 0.3) is 5.91 Å². The molecule has 9 heteroatoms. The summed E-state index contributed by atoms with van der Waals surface area (Å²) >= 11 is 0. The molecule has 0 spiro atoms. The number of carbonyl (C=O) groups excluding carboxylic acids is 1. The van der Waals surface area contributed by atoms with Crippen LogP contribution in [0, 0.1) is 12.7 Å². The van der Waals surface area contributed by atoms with Crippen LogP contribution >= 0.6 is 0 Å². The van der Waals surface area contributed by atoms with Crippen LogP contribution in [0.25, 0.3) is 16.9 Å². The molecule has 0 aliphatic carbocycles. The Hall–Kier alpha value is -3.04. The lowest BCUT2D eigenvalue weighted by Crippen LogP contribution is -2.33. The van der Waals surface area contributed by atoms with Crippen LogP contribution in [0.15, 0.2) is 54.7 Å². The van der Waals surface area contributed by atoms with E-state index in [1.807, 2.05) is 31.2 Å². The summed E-state index contributed by atoms with van der Waals surface area (Å²) in [6, 6.07) is 13.5. The average molecular weight is 459 g/mol. The molecule has 3 rings (SSSR count). The van der Waals surface area contributed by atoms with Crippen molar-refractivity contribution in [3.63, 3.8) is 0 Å². The monoisotopic (exact) mass is 458 g/mol. The van der Waals surface area contributed by atoms with Gasteiger partial charge in [0.2, 0.25) is 10.0 Å². The van der Waals surface area contributed by atoms with Crippen molar-refractivity contribution in [2.75, 3.05) is 25.9 Å². The summed E-state index contributed by atoms with van der Waals surface area (Å²) in [6.07, 6.45) is 3.28. The second kappa shape index (κ2) is 10.1. The average Bonchev–Trinajstić information content (AvgIpc) is 3.19. The van der Waals surface area contributed by atoms with Gasteiger partial charge in [0, 0.05) is 31.4 Å². The van der Waals surface area contributed by atoms with E-state index in [4.69, 9.17) is 0 Å². The first-order valence-electron chi connectivity index (χ1n) is 10.3. The molecule has 1 heterocycles. The van der Waals surface area contributed by atoms with Crippen molar-refractivity contribution in [2.45, 2.75) is 20.3 Å². The predicted molar refractivity (Wildman–Crippen MR) is 123 cm³/mol. The highest BCUT2D eigenvalue weighted by Gasteiger charge is 2.19. The number of sulfonamides is 1. The van der Waals surface area contributed by atoms with E-state index >= 15 is 0 Å². The fourth-order valence-corrected chi connectivity index (χ4v) is 4.31. The van der Waals surface area contributed by atoms with Gasteiger partial charge in [0.15, 0.2) is 0 Å². The van der Waals surface area contributed by atoms with Gasteiger partial charge in [-0.15, -0.1) is 0 Å². The number of halogens is 1. The van der Waals surface area contributed by atoms with Crippen LogP contribution in [-0.2, 0) is 10.0 Å². The van der Waals surface area contributed by atoms with Crippen LogP contribution in [0.5, 0.6) is 0 Å². The molecule has 0 atom stereocenters. The minimum Gasteiger partial charge on any atom is -0.352 e. The Morgan fingerprint density at radius 2 is 1.91 bits per heavy atom. The highest BCUT2D eigenvalue weighted by atomic mass is 32.2. The minimum absolute atomic E-state index is 0.308. The molecule has 0 aliphatic heterocycles. The zero-order chi connectivity index (χ0) is 23.3. The van der Waals surface area contributed by atoms with E-state index in [0.717, 1.165) is 11.1 Å². The quantitative estimate of drug-likeness (QED) is 0.498. The van der Waals surface area contributed by atoms with E-state index in [-0.39, 0.29) is 11.7 Å². The Labute approximate surface area is 187 Å². The van der Waals surface area contributed by atoms with E-state index < -0.39 is 10.0 Å². The fourth-order valence-electron chi connectivity index (χ4n) is 3.38. The molecule has 0 aliphatic rings. The Kier molecular flexibility index (Phi) is 7.42. The second-order valence-electron chi connectivity index (χ2n) is 7.55. The SMILES string of the molecule is CCN(CCCNC(=O)c1cn(-c2ccc(F)cc2)nc1-c1cccc(C)c1)S(C)(=O)=O. The largest absolute Gasteiger partial charge is 0.352 e. The number of nitrogens with one attached hydrogen (secondary N) is 1. The Morgan fingerprint density at radius 3 is 2.53 bits per heavy atom. The van der Waals surface area contributed by atoms with E-state index in [0.29, 0.717) is 43.0 Å². The van der Waals surface area contributed by atoms with Gasteiger partial charge in [0.1, 0.15) is 11.5 Å². The van der Waals surface area contributed by atoms with Gasteiger partial charge in [-0.2, -0.15) is 5.10 Å². The number of amides is 1. The first-order valence-corrected chi connectivity index (χ1v) is 12.2. The fraction of sp³-hybridized carbons (Fsp3) is 0.304. The number of aromatic nitrogens is 2. The highest BCUT2D eigenvalue weighted by Crippen LogP contribution is 2.25. The van der Waals surface area contributed by atoms with E-state index in [9.17, 15) is 17.6 Å². The molecule has 0 saturated carbocycles. The molecule has 170 valence electrons. The van der Waals surface area contributed by atoms with Gasteiger partial charge in [-0.05, 0) is 43.7 Å². The molecule has 1 N–H and O–H groups in total. The van der Waals surface area contributed by atoms with Gasteiger partial charge < -0.3 is 5.32 Å². The van der Waals surface area contributed by atoms with E-state index in [2.05, 4.69) is 10.4 Å². The standard InChI is InChI=1S/C23H27FN4O3S/c1-4-27(32(3,30)31)14-6-13-25-23(29)21-16-28(20-11-9-19(24)10-12-20)26-22(21)18-8-5-7-17(2)15-18/h5,7-12,15-16H,4,6,13-14H2,1-3H3,(H,25,29). The number of benzene rings is 2.